The topological polar surface area (TPSA) is 64.0 Å². The molecule has 1 aliphatic rings. The summed E-state index contributed by atoms with van der Waals surface area (Å²) in [4.78, 5) is 29.5. The summed E-state index contributed by atoms with van der Waals surface area (Å²) in [5.41, 5.74) is 1.06. The Morgan fingerprint density at radius 2 is 2.04 bits per heavy atom. The number of aryl methyl sites for hydroxylation is 1. The van der Waals surface area contributed by atoms with Crippen molar-refractivity contribution in [3.63, 3.8) is 0 Å². The quantitative estimate of drug-likeness (QED) is 0.829. The zero-order chi connectivity index (χ0) is 18.8. The number of nitrogens with zero attached hydrogens (tertiary/aromatic N) is 2. The van der Waals surface area contributed by atoms with Gasteiger partial charge in [-0.15, -0.1) is 0 Å². The summed E-state index contributed by atoms with van der Waals surface area (Å²) in [5.74, 6) is -1.73. The molecule has 1 aromatic carbocycles. The number of carbonyl (C=O) groups is 1. The van der Waals surface area contributed by atoms with E-state index in [4.69, 9.17) is 0 Å². The first-order valence-corrected chi connectivity index (χ1v) is 9.34. The van der Waals surface area contributed by atoms with Crippen LogP contribution in [0.3, 0.4) is 0 Å². The Morgan fingerprint density at radius 1 is 1.35 bits per heavy atom. The summed E-state index contributed by atoms with van der Waals surface area (Å²) in [6, 6.07) is 3.58. The number of carbonyl (C=O) groups excluding carboxylic acids is 1. The number of aromatic nitrogens is 2. The minimum atomic E-state index is -0.697. The molecule has 0 saturated carbocycles. The number of rotatable bonds is 4. The molecule has 1 aliphatic heterocycles. The van der Waals surface area contributed by atoms with Crippen molar-refractivity contribution in [2.45, 2.75) is 38.5 Å². The highest BCUT2D eigenvalue weighted by molar-refractivity contribution is 7.99. The standard InChI is InChI=1S/C18H19F2N3O2S/c1-3-12-10(2)22-18-23(17(12)25)8-11(9-26-18)16(24)21-7-13-14(19)5-4-6-15(13)20/h4-6,11H,3,7-9H2,1-2H3,(H,21,24). The van der Waals surface area contributed by atoms with Crippen LogP contribution in [-0.4, -0.2) is 21.2 Å². The Kier molecular flexibility index (Phi) is 5.41. The zero-order valence-electron chi connectivity index (χ0n) is 14.5. The molecule has 2 heterocycles. The molecule has 0 radical (unpaired) electrons. The number of nitrogens with one attached hydrogen (secondary N) is 1. The number of thioether (sulfide) groups is 1. The second-order valence-electron chi connectivity index (χ2n) is 6.15. The lowest BCUT2D eigenvalue weighted by molar-refractivity contribution is -0.125. The predicted octanol–water partition coefficient (Wildman–Crippen LogP) is 2.43. The van der Waals surface area contributed by atoms with Crippen LogP contribution in [0.5, 0.6) is 0 Å². The van der Waals surface area contributed by atoms with E-state index in [9.17, 15) is 18.4 Å². The summed E-state index contributed by atoms with van der Waals surface area (Å²) < 4.78 is 28.9. The monoisotopic (exact) mass is 379 g/mol. The van der Waals surface area contributed by atoms with E-state index >= 15 is 0 Å². The molecule has 0 aliphatic carbocycles. The molecule has 1 atom stereocenters. The minimum absolute atomic E-state index is 0.125. The van der Waals surface area contributed by atoms with Gasteiger partial charge in [0.15, 0.2) is 5.16 Å². The second kappa shape index (κ2) is 7.57. The number of amides is 1. The lowest BCUT2D eigenvalue weighted by Gasteiger charge is -2.25. The average molecular weight is 379 g/mol. The molecule has 138 valence electrons. The van der Waals surface area contributed by atoms with Crippen LogP contribution in [0.4, 0.5) is 8.78 Å². The van der Waals surface area contributed by atoms with Crippen molar-refractivity contribution >= 4 is 17.7 Å². The molecule has 1 amide bonds. The zero-order valence-corrected chi connectivity index (χ0v) is 15.3. The molecular formula is C18H19F2N3O2S. The molecule has 8 heteroatoms. The fourth-order valence-electron chi connectivity index (χ4n) is 2.98. The summed E-state index contributed by atoms with van der Waals surface area (Å²) in [7, 11) is 0. The number of benzene rings is 1. The molecule has 1 unspecified atom stereocenters. The summed E-state index contributed by atoms with van der Waals surface area (Å²) in [5, 5.41) is 3.18. The van der Waals surface area contributed by atoms with E-state index in [2.05, 4.69) is 10.3 Å². The van der Waals surface area contributed by atoms with Crippen molar-refractivity contribution in [3.8, 4) is 0 Å². The Hall–Kier alpha value is -2.22. The van der Waals surface area contributed by atoms with Crippen LogP contribution in [-0.2, 0) is 24.3 Å². The maximum absolute atomic E-state index is 13.7. The van der Waals surface area contributed by atoms with Crippen molar-refractivity contribution in [1.29, 1.82) is 0 Å². The first kappa shape index (κ1) is 18.6. The van der Waals surface area contributed by atoms with Gasteiger partial charge in [-0.2, -0.15) is 0 Å². The third-order valence-corrected chi connectivity index (χ3v) is 5.62. The van der Waals surface area contributed by atoms with E-state index in [0.29, 0.717) is 28.6 Å². The minimum Gasteiger partial charge on any atom is -0.351 e. The Labute approximate surface area is 153 Å². The van der Waals surface area contributed by atoms with Gasteiger partial charge in [-0.3, -0.25) is 14.2 Å². The molecule has 3 rings (SSSR count). The lowest BCUT2D eigenvalue weighted by atomic mass is 10.1. The highest BCUT2D eigenvalue weighted by Gasteiger charge is 2.28. The molecule has 1 aromatic heterocycles. The molecular weight excluding hydrogens is 360 g/mol. The lowest BCUT2D eigenvalue weighted by Crippen LogP contribution is -2.40. The molecule has 0 bridgehead atoms. The van der Waals surface area contributed by atoms with Gasteiger partial charge in [0.1, 0.15) is 11.6 Å². The molecule has 0 fully saturated rings. The summed E-state index contributed by atoms with van der Waals surface area (Å²) >= 11 is 1.34. The second-order valence-corrected chi connectivity index (χ2v) is 7.14. The molecule has 0 spiro atoms. The summed E-state index contributed by atoms with van der Waals surface area (Å²) in [6.07, 6.45) is 0.575. The fourth-order valence-corrected chi connectivity index (χ4v) is 4.10. The molecule has 2 aromatic rings. The molecule has 5 nitrogen and oxygen atoms in total. The Bertz CT molecular complexity index is 894. The number of halogens is 2. The van der Waals surface area contributed by atoms with Gasteiger partial charge in [0.25, 0.3) is 5.56 Å². The van der Waals surface area contributed by atoms with Gasteiger partial charge in [0.2, 0.25) is 5.91 Å². The van der Waals surface area contributed by atoms with Crippen LogP contribution >= 0.6 is 11.8 Å². The third-order valence-electron chi connectivity index (χ3n) is 4.48. The molecule has 0 saturated heterocycles. The average Bonchev–Trinajstić information content (AvgIpc) is 2.61. The van der Waals surface area contributed by atoms with Crippen molar-refractivity contribution in [2.24, 2.45) is 5.92 Å². The van der Waals surface area contributed by atoms with Crippen molar-refractivity contribution < 1.29 is 13.6 Å². The van der Waals surface area contributed by atoms with Crippen molar-refractivity contribution in [1.82, 2.24) is 14.9 Å². The Morgan fingerprint density at radius 3 is 2.69 bits per heavy atom. The van der Waals surface area contributed by atoms with Gasteiger partial charge in [-0.25, -0.2) is 13.8 Å². The Balaban J connectivity index is 1.74. The van der Waals surface area contributed by atoms with Gasteiger partial charge in [-0.1, -0.05) is 24.8 Å². The smallest absolute Gasteiger partial charge is 0.257 e. The van der Waals surface area contributed by atoms with Crippen LogP contribution in [0.15, 0.2) is 28.2 Å². The molecule has 26 heavy (non-hydrogen) atoms. The van der Waals surface area contributed by atoms with Crippen LogP contribution in [0.1, 0.15) is 23.7 Å². The van der Waals surface area contributed by atoms with Crippen LogP contribution in [0.25, 0.3) is 0 Å². The normalized spacial score (nSPS) is 16.2. The highest BCUT2D eigenvalue weighted by Crippen LogP contribution is 2.26. The SMILES string of the molecule is CCc1c(C)nc2n(c1=O)CC(C(=O)NCc1c(F)cccc1F)CS2. The van der Waals surface area contributed by atoms with E-state index in [1.165, 1.54) is 22.4 Å². The van der Waals surface area contributed by atoms with Crippen molar-refractivity contribution in [2.75, 3.05) is 5.75 Å². The largest absolute Gasteiger partial charge is 0.351 e. The first-order chi connectivity index (χ1) is 12.4. The van der Waals surface area contributed by atoms with Crippen LogP contribution in [0.2, 0.25) is 0 Å². The third kappa shape index (κ3) is 3.51. The number of hydrogen-bond donors (Lipinski definition) is 1. The van der Waals surface area contributed by atoms with Gasteiger partial charge in [0, 0.05) is 35.7 Å². The predicted molar refractivity (Wildman–Crippen MR) is 95.0 cm³/mol. The maximum Gasteiger partial charge on any atom is 0.257 e. The van der Waals surface area contributed by atoms with Crippen LogP contribution < -0.4 is 10.9 Å². The van der Waals surface area contributed by atoms with E-state index < -0.39 is 17.6 Å². The van der Waals surface area contributed by atoms with Gasteiger partial charge < -0.3 is 5.32 Å². The molecule has 1 N–H and O–H groups in total. The van der Waals surface area contributed by atoms with Crippen molar-refractivity contribution in [3.05, 3.63) is 57.0 Å². The van der Waals surface area contributed by atoms with Crippen LogP contribution in [0, 0.1) is 24.5 Å². The summed E-state index contributed by atoms with van der Waals surface area (Å²) in [6.45, 7) is 3.69. The maximum atomic E-state index is 13.7. The number of fused-ring (bicyclic) bond motifs is 1. The highest BCUT2D eigenvalue weighted by atomic mass is 32.2. The van der Waals surface area contributed by atoms with Gasteiger partial charge in [-0.05, 0) is 25.5 Å². The number of hydrogen-bond acceptors (Lipinski definition) is 4. The van der Waals surface area contributed by atoms with E-state index in [1.807, 2.05) is 13.8 Å². The van der Waals surface area contributed by atoms with Gasteiger partial charge in [0.05, 0.1) is 5.92 Å². The fraction of sp³-hybridized carbons (Fsp3) is 0.389. The van der Waals surface area contributed by atoms with E-state index in [1.54, 1.807) is 0 Å². The van der Waals surface area contributed by atoms with E-state index in [0.717, 1.165) is 12.1 Å². The first-order valence-electron chi connectivity index (χ1n) is 8.36. The van der Waals surface area contributed by atoms with Gasteiger partial charge >= 0.3 is 0 Å². The van der Waals surface area contributed by atoms with E-state index in [-0.39, 0.29) is 30.1 Å².